The maximum Gasteiger partial charge on any atom is 0.410 e. The van der Waals surface area contributed by atoms with Crippen molar-refractivity contribution in [2.45, 2.75) is 32.3 Å². The van der Waals surface area contributed by atoms with Crippen LogP contribution in [-0.4, -0.2) is 42.6 Å². The van der Waals surface area contributed by atoms with Crippen LogP contribution < -0.4 is 5.32 Å². The summed E-state index contributed by atoms with van der Waals surface area (Å²) in [5.41, 5.74) is 0.534. The Balaban J connectivity index is 2.18. The molecule has 0 bridgehead atoms. The zero-order valence-electron chi connectivity index (χ0n) is 13.6. The minimum Gasteiger partial charge on any atom is -0.444 e. The zero-order chi connectivity index (χ0) is 16.3. The van der Waals surface area contributed by atoms with Crippen molar-refractivity contribution in [1.29, 1.82) is 0 Å². The van der Waals surface area contributed by atoms with Crippen molar-refractivity contribution >= 4 is 12.0 Å². The summed E-state index contributed by atoms with van der Waals surface area (Å²) >= 11 is 0. The molecule has 1 aliphatic heterocycles. The summed E-state index contributed by atoms with van der Waals surface area (Å²) < 4.78 is 5.42. The van der Waals surface area contributed by atoms with Gasteiger partial charge in [-0.05, 0) is 26.3 Å². The Labute approximate surface area is 131 Å². The largest absolute Gasteiger partial charge is 0.444 e. The van der Waals surface area contributed by atoms with Crippen LogP contribution in [0, 0.1) is 5.92 Å². The molecule has 2 amide bonds. The summed E-state index contributed by atoms with van der Waals surface area (Å²) in [7, 11) is 1.63. The van der Waals surface area contributed by atoms with Gasteiger partial charge in [-0.15, -0.1) is 0 Å². The standard InChI is InChI=1S/C17H24N2O3/c1-17(2,3)22-16(21)19-10-13(12-8-6-5-7-9-12)14(11-19)15(20)18-4/h5-9,13-14H,10-11H2,1-4H3,(H,18,20). The van der Waals surface area contributed by atoms with E-state index in [-0.39, 0.29) is 23.8 Å². The highest BCUT2D eigenvalue weighted by Gasteiger charge is 2.41. The maximum absolute atomic E-state index is 12.3. The molecular formula is C17H24N2O3. The molecule has 0 radical (unpaired) electrons. The number of likely N-dealkylation sites (tertiary alicyclic amines) is 1. The van der Waals surface area contributed by atoms with E-state index in [2.05, 4.69) is 5.32 Å². The zero-order valence-corrected chi connectivity index (χ0v) is 13.6. The summed E-state index contributed by atoms with van der Waals surface area (Å²) in [6.45, 7) is 6.40. The molecule has 1 aliphatic rings. The molecule has 1 heterocycles. The summed E-state index contributed by atoms with van der Waals surface area (Å²) in [5, 5.41) is 2.70. The molecule has 1 aromatic rings. The second kappa shape index (κ2) is 6.38. The first-order valence-corrected chi connectivity index (χ1v) is 7.56. The average Bonchev–Trinajstić information content (AvgIpc) is 2.91. The molecule has 0 aliphatic carbocycles. The van der Waals surface area contributed by atoms with Crippen LogP contribution in [0.25, 0.3) is 0 Å². The number of hydrogen-bond acceptors (Lipinski definition) is 3. The minimum atomic E-state index is -0.537. The summed E-state index contributed by atoms with van der Waals surface area (Å²) in [5.74, 6) is -0.298. The number of carbonyl (C=O) groups is 2. The Hall–Kier alpha value is -2.04. The first-order chi connectivity index (χ1) is 10.3. The van der Waals surface area contributed by atoms with E-state index >= 15 is 0 Å². The van der Waals surface area contributed by atoms with Crippen LogP contribution in [0.1, 0.15) is 32.3 Å². The maximum atomic E-state index is 12.3. The van der Waals surface area contributed by atoms with Gasteiger partial charge in [-0.25, -0.2) is 4.79 Å². The summed E-state index contributed by atoms with van der Waals surface area (Å²) in [6, 6.07) is 9.84. The van der Waals surface area contributed by atoms with Gasteiger partial charge in [0.2, 0.25) is 5.91 Å². The number of hydrogen-bond donors (Lipinski definition) is 1. The highest BCUT2D eigenvalue weighted by Crippen LogP contribution is 2.33. The number of rotatable bonds is 2. The molecule has 1 aromatic carbocycles. The van der Waals surface area contributed by atoms with Gasteiger partial charge < -0.3 is 15.0 Å². The lowest BCUT2D eigenvalue weighted by Crippen LogP contribution is -2.37. The summed E-state index contributed by atoms with van der Waals surface area (Å²) in [6.07, 6.45) is -0.361. The molecule has 1 N–H and O–H groups in total. The van der Waals surface area contributed by atoms with E-state index in [1.54, 1.807) is 11.9 Å². The van der Waals surface area contributed by atoms with E-state index in [4.69, 9.17) is 4.74 Å². The van der Waals surface area contributed by atoms with Crippen molar-refractivity contribution < 1.29 is 14.3 Å². The number of amides is 2. The molecule has 0 aromatic heterocycles. The number of nitrogens with zero attached hydrogens (tertiary/aromatic N) is 1. The smallest absolute Gasteiger partial charge is 0.410 e. The molecule has 22 heavy (non-hydrogen) atoms. The predicted octanol–water partition coefficient (Wildman–Crippen LogP) is 2.38. The van der Waals surface area contributed by atoms with E-state index in [0.29, 0.717) is 13.1 Å². The molecule has 5 nitrogen and oxygen atoms in total. The van der Waals surface area contributed by atoms with E-state index < -0.39 is 5.60 Å². The Kier molecular flexibility index (Phi) is 4.74. The monoisotopic (exact) mass is 304 g/mol. The molecule has 0 spiro atoms. The number of benzene rings is 1. The van der Waals surface area contributed by atoms with Gasteiger partial charge in [0.1, 0.15) is 5.60 Å². The summed E-state index contributed by atoms with van der Waals surface area (Å²) in [4.78, 5) is 26.1. The van der Waals surface area contributed by atoms with Gasteiger partial charge in [0, 0.05) is 26.1 Å². The molecule has 1 saturated heterocycles. The van der Waals surface area contributed by atoms with Crippen LogP contribution in [0.15, 0.2) is 30.3 Å². The van der Waals surface area contributed by atoms with E-state index in [9.17, 15) is 9.59 Å². The lowest BCUT2D eigenvalue weighted by Gasteiger charge is -2.24. The van der Waals surface area contributed by atoms with Gasteiger partial charge in [0.15, 0.2) is 0 Å². The molecule has 0 saturated carbocycles. The van der Waals surface area contributed by atoms with Crippen molar-refractivity contribution in [3.8, 4) is 0 Å². The predicted molar refractivity (Wildman–Crippen MR) is 84.5 cm³/mol. The van der Waals surface area contributed by atoms with Crippen LogP contribution in [0.5, 0.6) is 0 Å². The third-order valence-electron chi connectivity index (χ3n) is 3.78. The van der Waals surface area contributed by atoms with Crippen molar-refractivity contribution in [3.05, 3.63) is 35.9 Å². The molecule has 2 rings (SSSR count). The molecule has 5 heteroatoms. The molecular weight excluding hydrogens is 280 g/mol. The van der Waals surface area contributed by atoms with Gasteiger partial charge in [-0.2, -0.15) is 0 Å². The first-order valence-electron chi connectivity index (χ1n) is 7.56. The molecule has 1 fully saturated rings. The molecule has 120 valence electrons. The van der Waals surface area contributed by atoms with Crippen LogP contribution >= 0.6 is 0 Å². The second-order valence-corrected chi connectivity index (χ2v) is 6.62. The van der Waals surface area contributed by atoms with Crippen molar-refractivity contribution in [1.82, 2.24) is 10.2 Å². The van der Waals surface area contributed by atoms with Crippen LogP contribution in [0.3, 0.4) is 0 Å². The van der Waals surface area contributed by atoms with Crippen LogP contribution in [0.4, 0.5) is 4.79 Å². The van der Waals surface area contributed by atoms with Crippen molar-refractivity contribution in [2.75, 3.05) is 20.1 Å². The fourth-order valence-electron chi connectivity index (χ4n) is 2.77. The van der Waals surface area contributed by atoms with Gasteiger partial charge in [-0.1, -0.05) is 30.3 Å². The average molecular weight is 304 g/mol. The minimum absolute atomic E-state index is 0.00586. The number of nitrogens with one attached hydrogen (secondary N) is 1. The van der Waals surface area contributed by atoms with Crippen molar-refractivity contribution in [3.63, 3.8) is 0 Å². The Morgan fingerprint density at radius 2 is 1.82 bits per heavy atom. The third-order valence-corrected chi connectivity index (χ3v) is 3.78. The normalized spacial score (nSPS) is 21.5. The lowest BCUT2D eigenvalue weighted by atomic mass is 9.88. The van der Waals surface area contributed by atoms with E-state index in [1.807, 2.05) is 51.1 Å². The Morgan fingerprint density at radius 3 is 2.36 bits per heavy atom. The van der Waals surface area contributed by atoms with Gasteiger partial charge >= 0.3 is 6.09 Å². The Morgan fingerprint density at radius 1 is 1.18 bits per heavy atom. The quantitative estimate of drug-likeness (QED) is 0.912. The fourth-order valence-corrected chi connectivity index (χ4v) is 2.77. The SMILES string of the molecule is CNC(=O)C1CN(C(=O)OC(C)(C)C)CC1c1ccccc1. The number of carbonyl (C=O) groups excluding carboxylic acids is 2. The van der Waals surface area contributed by atoms with Crippen molar-refractivity contribution in [2.24, 2.45) is 5.92 Å². The van der Waals surface area contributed by atoms with E-state index in [1.165, 1.54) is 0 Å². The topological polar surface area (TPSA) is 58.6 Å². The van der Waals surface area contributed by atoms with Crippen LogP contribution in [-0.2, 0) is 9.53 Å². The van der Waals surface area contributed by atoms with Gasteiger partial charge in [0.05, 0.1) is 5.92 Å². The van der Waals surface area contributed by atoms with Gasteiger partial charge in [0.25, 0.3) is 0 Å². The highest BCUT2D eigenvalue weighted by molar-refractivity contribution is 5.81. The fraction of sp³-hybridized carbons (Fsp3) is 0.529. The highest BCUT2D eigenvalue weighted by atomic mass is 16.6. The second-order valence-electron chi connectivity index (χ2n) is 6.62. The number of ether oxygens (including phenoxy) is 1. The molecule has 2 unspecified atom stereocenters. The van der Waals surface area contributed by atoms with Gasteiger partial charge in [-0.3, -0.25) is 4.79 Å². The van der Waals surface area contributed by atoms with Crippen LogP contribution in [0.2, 0.25) is 0 Å². The van der Waals surface area contributed by atoms with E-state index in [0.717, 1.165) is 5.56 Å². The lowest BCUT2D eigenvalue weighted by molar-refractivity contribution is -0.124. The molecule has 2 atom stereocenters. The Bertz CT molecular complexity index is 537. The first kappa shape index (κ1) is 16.3. The third kappa shape index (κ3) is 3.78.